The van der Waals surface area contributed by atoms with E-state index >= 15 is 0 Å². The van der Waals surface area contributed by atoms with Crippen LogP contribution in [0.25, 0.3) is 0 Å². The van der Waals surface area contributed by atoms with Crippen LogP contribution in [0, 0.1) is 6.92 Å². The number of thiol groups is 1. The third kappa shape index (κ3) is 5.36. The maximum atomic E-state index is 12.8. The third-order valence-electron chi connectivity index (χ3n) is 3.98. The van der Waals surface area contributed by atoms with Crippen molar-refractivity contribution in [1.82, 2.24) is 9.97 Å². The quantitative estimate of drug-likeness (QED) is 0.569. The lowest BCUT2D eigenvalue weighted by atomic mass is 10.1. The first kappa shape index (κ1) is 21.5. The molecule has 0 atom stereocenters. The van der Waals surface area contributed by atoms with Crippen molar-refractivity contribution in [3.63, 3.8) is 0 Å². The largest absolute Gasteiger partial charge is 0.383 e. The molecule has 0 radical (unpaired) electrons. The molecule has 2 heterocycles. The summed E-state index contributed by atoms with van der Waals surface area (Å²) in [5.41, 5.74) is 6.16. The predicted molar refractivity (Wildman–Crippen MR) is 104 cm³/mol. The minimum atomic E-state index is -2.64. The second-order valence-electron chi connectivity index (χ2n) is 6.63. The van der Waals surface area contributed by atoms with E-state index in [1.807, 2.05) is 0 Å². The molecule has 0 spiro atoms. The van der Waals surface area contributed by atoms with Crippen LogP contribution in [0.4, 0.5) is 19.3 Å². The van der Waals surface area contributed by atoms with Gasteiger partial charge in [-0.05, 0) is 45.6 Å². The summed E-state index contributed by atoms with van der Waals surface area (Å²) in [6.45, 7) is 4.94. The highest BCUT2D eigenvalue weighted by Crippen LogP contribution is 2.35. The first-order chi connectivity index (χ1) is 12.5. The topological polar surface area (TPSA) is 101 Å². The number of halogens is 2. The van der Waals surface area contributed by atoms with Crippen LogP contribution in [0.3, 0.4) is 0 Å². The van der Waals surface area contributed by atoms with Crippen LogP contribution in [-0.4, -0.2) is 21.1 Å². The van der Waals surface area contributed by atoms with Crippen LogP contribution in [0.5, 0.6) is 0 Å². The summed E-state index contributed by atoms with van der Waals surface area (Å²) < 4.78 is 26.4. The van der Waals surface area contributed by atoms with Gasteiger partial charge in [0.2, 0.25) is 0 Å². The van der Waals surface area contributed by atoms with E-state index in [2.05, 4.69) is 27.9 Å². The summed E-state index contributed by atoms with van der Waals surface area (Å²) in [7, 11) is 0. The lowest BCUT2D eigenvalue weighted by Crippen LogP contribution is -2.22. The van der Waals surface area contributed by atoms with Crippen LogP contribution in [0.2, 0.25) is 0 Å². The van der Waals surface area contributed by atoms with Gasteiger partial charge in [0, 0.05) is 11.3 Å². The number of rotatable bonds is 3. The van der Waals surface area contributed by atoms with Gasteiger partial charge < -0.3 is 16.2 Å². The molecule has 6 nitrogen and oxygen atoms in total. The van der Waals surface area contributed by atoms with Crippen LogP contribution < -0.4 is 11.1 Å². The highest BCUT2D eigenvalue weighted by atomic mass is 32.2. The molecule has 3 rings (SSSR count). The van der Waals surface area contributed by atoms with Crippen LogP contribution in [0.15, 0.2) is 10.4 Å². The molecule has 0 aliphatic heterocycles. The Morgan fingerprint density at radius 3 is 2.56 bits per heavy atom. The predicted octanol–water partition coefficient (Wildman–Crippen LogP) is 3.97. The Balaban J connectivity index is 0.000000223. The summed E-state index contributed by atoms with van der Waals surface area (Å²) in [5.74, 6) is 0. The number of aromatic nitrogens is 2. The number of primary amides is 1. The number of hydrogen-bond donors (Lipinski definition) is 4. The van der Waals surface area contributed by atoms with Crippen LogP contribution in [0.1, 0.15) is 54.2 Å². The SMILES string of the molecule is CC(C)(O)c1ncc(S)s1.Cc1c(C(F)F)nc2c(c1NC(N)=O)CCC2. The molecule has 0 aromatic carbocycles. The molecular weight excluding hydrogens is 394 g/mol. The number of nitrogens with one attached hydrogen (secondary N) is 1. The number of carbonyl (C=O) groups excluding carboxylic acids is 1. The average molecular weight is 417 g/mol. The smallest absolute Gasteiger partial charge is 0.316 e. The van der Waals surface area contributed by atoms with E-state index in [4.69, 9.17) is 5.73 Å². The zero-order valence-electron chi connectivity index (χ0n) is 15.2. The molecule has 27 heavy (non-hydrogen) atoms. The van der Waals surface area contributed by atoms with Crippen LogP contribution in [-0.2, 0) is 18.4 Å². The van der Waals surface area contributed by atoms with E-state index in [1.54, 1.807) is 20.0 Å². The van der Waals surface area contributed by atoms with E-state index in [1.165, 1.54) is 18.3 Å². The lowest BCUT2D eigenvalue weighted by Gasteiger charge is -2.15. The molecule has 1 aliphatic rings. The standard InChI is InChI=1S/C11H13F2N3O.C6H9NOS2/c1-5-8(16-11(14)17)6-3-2-4-7(6)15-9(5)10(12)13;1-6(2,8)5-7-3-4(9)10-5/h10H,2-4H2,1H3,(H3,14,15,16,17);3,8-9H,1-2H3. The number of fused-ring (bicyclic) bond motifs is 1. The van der Waals surface area contributed by atoms with Crippen molar-refractivity contribution in [1.29, 1.82) is 0 Å². The minimum Gasteiger partial charge on any atom is -0.383 e. The molecule has 0 bridgehead atoms. The summed E-state index contributed by atoms with van der Waals surface area (Å²) >= 11 is 5.48. The zero-order valence-corrected chi connectivity index (χ0v) is 16.9. The first-order valence-corrected chi connectivity index (χ1v) is 9.51. The van der Waals surface area contributed by atoms with Gasteiger partial charge >= 0.3 is 6.03 Å². The Morgan fingerprint density at radius 1 is 1.44 bits per heavy atom. The number of pyridine rings is 1. The maximum Gasteiger partial charge on any atom is 0.316 e. The van der Waals surface area contributed by atoms with Crippen molar-refractivity contribution >= 4 is 35.7 Å². The molecule has 10 heteroatoms. The average Bonchev–Trinajstić information content (AvgIpc) is 3.18. The van der Waals surface area contributed by atoms with Gasteiger partial charge in [-0.15, -0.1) is 24.0 Å². The summed E-state index contributed by atoms with van der Waals surface area (Å²) in [5, 5.41) is 12.6. The Hall–Kier alpha value is -1.78. The third-order valence-corrected chi connectivity index (χ3v) is 5.48. The molecule has 148 valence electrons. The summed E-state index contributed by atoms with van der Waals surface area (Å²) in [6.07, 6.45) is 1.27. The molecule has 0 saturated carbocycles. The monoisotopic (exact) mass is 416 g/mol. The highest BCUT2D eigenvalue weighted by Gasteiger charge is 2.25. The van der Waals surface area contributed by atoms with Gasteiger partial charge in [0.25, 0.3) is 6.43 Å². The molecule has 0 unspecified atom stereocenters. The zero-order chi connectivity index (χ0) is 20.4. The number of anilines is 1. The maximum absolute atomic E-state index is 12.8. The molecule has 2 aromatic heterocycles. The van der Waals surface area contributed by atoms with E-state index in [0.717, 1.165) is 22.6 Å². The molecule has 0 saturated heterocycles. The van der Waals surface area contributed by atoms with Gasteiger partial charge in [0.1, 0.15) is 16.3 Å². The molecule has 0 fully saturated rings. The van der Waals surface area contributed by atoms with Gasteiger partial charge in [0.15, 0.2) is 0 Å². The summed E-state index contributed by atoms with van der Waals surface area (Å²) in [6, 6.07) is -0.742. The number of carbonyl (C=O) groups is 1. The second kappa shape index (κ2) is 8.49. The van der Waals surface area contributed by atoms with E-state index in [0.29, 0.717) is 28.4 Å². The Bertz CT molecular complexity index is 835. The number of nitrogens with two attached hydrogens (primary N) is 1. The van der Waals surface area contributed by atoms with Gasteiger partial charge in [-0.25, -0.2) is 18.6 Å². The highest BCUT2D eigenvalue weighted by molar-refractivity contribution is 7.82. The molecule has 1 aliphatic carbocycles. The summed E-state index contributed by atoms with van der Waals surface area (Å²) in [4.78, 5) is 18.9. The van der Waals surface area contributed by atoms with Crippen molar-refractivity contribution in [3.05, 3.63) is 33.7 Å². The fraction of sp³-hybridized carbons (Fsp3) is 0.471. The van der Waals surface area contributed by atoms with Crippen molar-refractivity contribution in [2.75, 3.05) is 5.32 Å². The Morgan fingerprint density at radius 2 is 2.11 bits per heavy atom. The van der Waals surface area contributed by atoms with Crippen molar-refractivity contribution < 1.29 is 18.7 Å². The van der Waals surface area contributed by atoms with Gasteiger partial charge in [0.05, 0.1) is 16.1 Å². The first-order valence-electron chi connectivity index (χ1n) is 8.25. The number of urea groups is 1. The number of hydrogen-bond acceptors (Lipinski definition) is 6. The van der Waals surface area contributed by atoms with Gasteiger partial charge in [-0.1, -0.05) is 0 Å². The number of aryl methyl sites for hydroxylation is 1. The molecule has 2 aromatic rings. The molecule has 4 N–H and O–H groups in total. The van der Waals surface area contributed by atoms with Gasteiger partial charge in [-0.2, -0.15) is 0 Å². The van der Waals surface area contributed by atoms with Crippen molar-refractivity contribution in [3.8, 4) is 0 Å². The Labute approximate surface area is 165 Å². The minimum absolute atomic E-state index is 0.269. The second-order valence-corrected chi connectivity index (χ2v) is 8.44. The fourth-order valence-electron chi connectivity index (χ4n) is 2.76. The Kier molecular flexibility index (Phi) is 6.77. The van der Waals surface area contributed by atoms with Crippen LogP contribution >= 0.6 is 24.0 Å². The number of amides is 2. The van der Waals surface area contributed by atoms with E-state index in [9.17, 15) is 18.7 Å². The molecule has 2 amide bonds. The molecular formula is C17H22F2N4O2S2. The van der Waals surface area contributed by atoms with Gasteiger partial charge in [-0.3, -0.25) is 4.98 Å². The number of nitrogens with zero attached hydrogens (tertiary/aromatic N) is 2. The van der Waals surface area contributed by atoms with Crippen molar-refractivity contribution in [2.24, 2.45) is 5.73 Å². The fourth-order valence-corrected chi connectivity index (χ4v) is 3.73. The number of thiazole rings is 1. The van der Waals surface area contributed by atoms with E-state index < -0.39 is 18.1 Å². The van der Waals surface area contributed by atoms with E-state index in [-0.39, 0.29) is 5.69 Å². The lowest BCUT2D eigenvalue weighted by molar-refractivity contribution is 0.0783. The normalized spacial score (nSPS) is 13.2. The van der Waals surface area contributed by atoms with Crippen molar-refractivity contribution in [2.45, 2.75) is 56.3 Å². The number of alkyl halides is 2. The number of aliphatic hydroxyl groups is 1.